The van der Waals surface area contributed by atoms with Crippen LogP contribution in [0.1, 0.15) is 0 Å². The minimum atomic E-state index is -0.334. The molecule has 6 aromatic rings. The summed E-state index contributed by atoms with van der Waals surface area (Å²) in [6.07, 6.45) is 0. The van der Waals surface area contributed by atoms with E-state index in [-0.39, 0.29) is 5.63 Å². The summed E-state index contributed by atoms with van der Waals surface area (Å²) >= 11 is 0. The average Bonchev–Trinajstić information content (AvgIpc) is 2.89. The van der Waals surface area contributed by atoms with Crippen molar-refractivity contribution < 1.29 is 4.42 Å². The first-order chi connectivity index (χ1) is 16.3. The topological polar surface area (TPSA) is 56.0 Å². The third-order valence-corrected chi connectivity index (χ3v) is 5.74. The van der Waals surface area contributed by atoms with E-state index in [1.165, 1.54) is 0 Å². The molecular weight excluding hydrogens is 408 g/mol. The molecular formula is C29H18N2O2. The molecule has 33 heavy (non-hydrogen) atoms. The molecule has 0 unspecified atom stereocenters. The highest BCUT2D eigenvalue weighted by molar-refractivity contribution is 6.05. The zero-order valence-electron chi connectivity index (χ0n) is 17.6. The van der Waals surface area contributed by atoms with Crippen molar-refractivity contribution in [2.75, 3.05) is 0 Å². The molecule has 2 aromatic heterocycles. The summed E-state index contributed by atoms with van der Waals surface area (Å²) in [5.74, 6) is 0.618. The normalized spacial score (nSPS) is 11.2. The van der Waals surface area contributed by atoms with E-state index in [9.17, 15) is 4.79 Å². The molecule has 2 heterocycles. The van der Waals surface area contributed by atoms with E-state index in [4.69, 9.17) is 14.4 Å². The number of fused-ring (bicyclic) bond motifs is 3. The zero-order valence-corrected chi connectivity index (χ0v) is 17.6. The SMILES string of the molecule is O=c1oc2ccc(-c3nc(-c4ccccc4)cc(-c4ccccc4)n3)cc2c2ccccc12. The van der Waals surface area contributed by atoms with Gasteiger partial charge < -0.3 is 4.42 Å². The maximum atomic E-state index is 12.4. The standard InChI is InChI=1S/C29H18N2O2/c32-29-23-14-8-7-13-22(23)24-17-21(15-16-27(24)33-29)28-30-25(19-9-3-1-4-10-19)18-26(31-28)20-11-5-2-6-12-20/h1-18H. The first-order valence-electron chi connectivity index (χ1n) is 10.7. The third kappa shape index (κ3) is 3.48. The van der Waals surface area contributed by atoms with Crippen molar-refractivity contribution in [1.82, 2.24) is 9.97 Å². The van der Waals surface area contributed by atoms with Crippen LogP contribution in [-0.2, 0) is 0 Å². The zero-order chi connectivity index (χ0) is 22.2. The Morgan fingerprint density at radius 2 is 1.09 bits per heavy atom. The fourth-order valence-corrected chi connectivity index (χ4v) is 4.11. The molecule has 0 atom stereocenters. The van der Waals surface area contributed by atoms with Gasteiger partial charge in [-0.2, -0.15) is 0 Å². The lowest BCUT2D eigenvalue weighted by Crippen LogP contribution is -2.00. The highest BCUT2D eigenvalue weighted by atomic mass is 16.4. The Morgan fingerprint density at radius 3 is 1.73 bits per heavy atom. The molecule has 0 aliphatic rings. The lowest BCUT2D eigenvalue weighted by atomic mass is 10.0. The Bertz CT molecular complexity index is 1620. The van der Waals surface area contributed by atoms with Gasteiger partial charge in [0.05, 0.1) is 16.8 Å². The summed E-state index contributed by atoms with van der Waals surface area (Å²) in [6.45, 7) is 0. The van der Waals surface area contributed by atoms with Crippen LogP contribution in [0.2, 0.25) is 0 Å². The summed E-state index contributed by atoms with van der Waals surface area (Å²) < 4.78 is 5.56. The fourth-order valence-electron chi connectivity index (χ4n) is 4.11. The van der Waals surface area contributed by atoms with Crippen LogP contribution in [0.15, 0.2) is 118 Å². The van der Waals surface area contributed by atoms with Crippen LogP contribution < -0.4 is 5.63 Å². The van der Waals surface area contributed by atoms with Gasteiger partial charge >= 0.3 is 5.63 Å². The molecule has 0 spiro atoms. The molecule has 4 heteroatoms. The minimum absolute atomic E-state index is 0.334. The van der Waals surface area contributed by atoms with Gasteiger partial charge in [0.2, 0.25) is 0 Å². The first kappa shape index (κ1) is 19.1. The lowest BCUT2D eigenvalue weighted by molar-refractivity contribution is 0.569. The van der Waals surface area contributed by atoms with Crippen molar-refractivity contribution in [2.45, 2.75) is 0 Å². The van der Waals surface area contributed by atoms with Crippen LogP contribution in [-0.4, -0.2) is 9.97 Å². The van der Waals surface area contributed by atoms with E-state index >= 15 is 0 Å². The Balaban J connectivity index is 1.60. The fraction of sp³-hybridized carbons (Fsp3) is 0. The second-order valence-electron chi connectivity index (χ2n) is 7.84. The maximum absolute atomic E-state index is 12.4. The molecule has 0 aliphatic carbocycles. The molecule has 0 fully saturated rings. The Morgan fingerprint density at radius 1 is 0.515 bits per heavy atom. The van der Waals surface area contributed by atoms with E-state index in [0.29, 0.717) is 16.8 Å². The van der Waals surface area contributed by atoms with Gasteiger partial charge in [-0.15, -0.1) is 0 Å². The lowest BCUT2D eigenvalue weighted by Gasteiger charge is -2.10. The Hall–Kier alpha value is -4.57. The van der Waals surface area contributed by atoms with Crippen LogP contribution in [0.3, 0.4) is 0 Å². The van der Waals surface area contributed by atoms with E-state index in [0.717, 1.165) is 38.9 Å². The number of rotatable bonds is 3. The van der Waals surface area contributed by atoms with E-state index in [1.807, 2.05) is 103 Å². The molecule has 0 N–H and O–H groups in total. The highest BCUT2D eigenvalue weighted by Gasteiger charge is 2.13. The van der Waals surface area contributed by atoms with E-state index in [2.05, 4.69) is 0 Å². The molecule has 0 amide bonds. The van der Waals surface area contributed by atoms with Gasteiger partial charge in [-0.1, -0.05) is 78.9 Å². The molecule has 0 aliphatic heterocycles. The Kier molecular flexibility index (Phi) is 4.55. The van der Waals surface area contributed by atoms with Crippen LogP contribution in [0.4, 0.5) is 0 Å². The van der Waals surface area contributed by atoms with Crippen molar-refractivity contribution >= 4 is 21.7 Å². The summed E-state index contributed by atoms with van der Waals surface area (Å²) in [7, 11) is 0. The monoisotopic (exact) mass is 426 g/mol. The van der Waals surface area contributed by atoms with Crippen molar-refractivity contribution in [3.05, 3.63) is 120 Å². The number of benzene rings is 4. The highest BCUT2D eigenvalue weighted by Crippen LogP contribution is 2.30. The minimum Gasteiger partial charge on any atom is -0.422 e. The van der Waals surface area contributed by atoms with E-state index in [1.54, 1.807) is 6.07 Å². The smallest absolute Gasteiger partial charge is 0.344 e. The van der Waals surface area contributed by atoms with Gasteiger partial charge in [0.25, 0.3) is 0 Å². The van der Waals surface area contributed by atoms with Gasteiger partial charge in [0.1, 0.15) is 5.58 Å². The van der Waals surface area contributed by atoms with Gasteiger partial charge in [0.15, 0.2) is 5.82 Å². The summed E-state index contributed by atoms with van der Waals surface area (Å²) in [4.78, 5) is 22.2. The number of aromatic nitrogens is 2. The van der Waals surface area contributed by atoms with Crippen LogP contribution in [0, 0.1) is 0 Å². The molecule has 156 valence electrons. The van der Waals surface area contributed by atoms with E-state index < -0.39 is 0 Å². The number of hydrogen-bond acceptors (Lipinski definition) is 4. The molecule has 0 radical (unpaired) electrons. The Labute approximate surface area is 189 Å². The summed E-state index contributed by atoms with van der Waals surface area (Å²) in [5.41, 5.74) is 4.82. The van der Waals surface area contributed by atoms with Gasteiger partial charge in [-0.05, 0) is 35.7 Å². The second-order valence-corrected chi connectivity index (χ2v) is 7.84. The first-order valence-corrected chi connectivity index (χ1v) is 10.7. The van der Waals surface area contributed by atoms with Gasteiger partial charge in [-0.25, -0.2) is 14.8 Å². The second kappa shape index (κ2) is 7.84. The van der Waals surface area contributed by atoms with Crippen molar-refractivity contribution in [2.24, 2.45) is 0 Å². The van der Waals surface area contributed by atoms with Gasteiger partial charge in [0, 0.05) is 22.1 Å². The molecule has 0 bridgehead atoms. The quantitative estimate of drug-likeness (QED) is 0.232. The van der Waals surface area contributed by atoms with Crippen molar-refractivity contribution in [3.63, 3.8) is 0 Å². The van der Waals surface area contributed by atoms with Crippen molar-refractivity contribution in [3.8, 4) is 33.9 Å². The number of hydrogen-bond donors (Lipinski definition) is 0. The molecule has 4 aromatic carbocycles. The largest absolute Gasteiger partial charge is 0.422 e. The molecule has 4 nitrogen and oxygen atoms in total. The summed E-state index contributed by atoms with van der Waals surface area (Å²) in [6, 6.07) is 35.4. The molecule has 0 saturated heterocycles. The van der Waals surface area contributed by atoms with Crippen LogP contribution in [0.5, 0.6) is 0 Å². The predicted octanol–water partition coefficient (Wildman–Crippen LogP) is 6.74. The molecule has 0 saturated carbocycles. The number of nitrogens with zero attached hydrogens (tertiary/aromatic N) is 2. The van der Waals surface area contributed by atoms with Crippen molar-refractivity contribution in [1.29, 1.82) is 0 Å². The molecule has 6 rings (SSSR count). The predicted molar refractivity (Wildman–Crippen MR) is 132 cm³/mol. The maximum Gasteiger partial charge on any atom is 0.344 e. The van der Waals surface area contributed by atoms with Crippen LogP contribution in [0.25, 0.3) is 55.6 Å². The summed E-state index contributed by atoms with van der Waals surface area (Å²) in [5, 5.41) is 2.27. The van der Waals surface area contributed by atoms with Crippen LogP contribution >= 0.6 is 0 Å². The third-order valence-electron chi connectivity index (χ3n) is 5.74. The van der Waals surface area contributed by atoms with Gasteiger partial charge in [-0.3, -0.25) is 0 Å². The average molecular weight is 426 g/mol.